The van der Waals surface area contributed by atoms with Crippen molar-refractivity contribution in [1.29, 1.82) is 0 Å². The molecule has 2 heterocycles. The molecule has 0 aliphatic heterocycles. The molecule has 0 radical (unpaired) electrons. The van der Waals surface area contributed by atoms with Crippen LogP contribution >= 0.6 is 23.1 Å². The predicted molar refractivity (Wildman–Crippen MR) is 78.9 cm³/mol. The van der Waals surface area contributed by atoms with Gasteiger partial charge in [0.25, 0.3) is 0 Å². The quantitative estimate of drug-likeness (QED) is 0.677. The number of thiazole rings is 1. The lowest BCUT2D eigenvalue weighted by Gasteiger charge is -2.00. The van der Waals surface area contributed by atoms with Crippen molar-refractivity contribution in [3.05, 3.63) is 53.6 Å². The fourth-order valence-electron chi connectivity index (χ4n) is 1.83. The van der Waals surface area contributed by atoms with Crippen LogP contribution in [0.1, 0.15) is 5.69 Å². The summed E-state index contributed by atoms with van der Waals surface area (Å²) in [5.41, 5.74) is 0.779. The summed E-state index contributed by atoms with van der Waals surface area (Å²) in [6, 6.07) is 6.27. The number of fused-ring (bicyclic) bond motifs is 1. The summed E-state index contributed by atoms with van der Waals surface area (Å²) in [5, 5.41) is 1.95. The van der Waals surface area contributed by atoms with Crippen molar-refractivity contribution < 1.29 is 9.18 Å². The minimum atomic E-state index is -0.281. The highest BCUT2D eigenvalue weighted by Crippen LogP contribution is 2.19. The first kappa shape index (κ1) is 13.3. The predicted octanol–water partition coefficient (Wildman–Crippen LogP) is 3.44. The minimum Gasteiger partial charge on any atom is -0.298 e. The van der Waals surface area contributed by atoms with Gasteiger partial charge < -0.3 is 0 Å². The Morgan fingerprint density at radius 2 is 2.35 bits per heavy atom. The standard InChI is InChI=1S/C14H11FN2OS2/c15-10-2-1-3-13(6-10)20-9-12(18)7-11-8-17-4-5-19-14(17)16-11/h1-6,8H,7,9H2. The number of Topliss-reactive ketones (excluding diaryl/α,β-unsaturated/α-hetero) is 1. The maximum atomic E-state index is 13.0. The highest BCUT2D eigenvalue weighted by molar-refractivity contribution is 8.00. The number of halogens is 1. The van der Waals surface area contributed by atoms with Crippen LogP contribution in [0, 0.1) is 5.82 Å². The average molecular weight is 306 g/mol. The van der Waals surface area contributed by atoms with Gasteiger partial charge in [-0.1, -0.05) is 6.07 Å². The topological polar surface area (TPSA) is 34.4 Å². The third-order valence-electron chi connectivity index (χ3n) is 2.72. The molecule has 0 atom stereocenters. The molecule has 0 bridgehead atoms. The number of imidazole rings is 1. The average Bonchev–Trinajstić information content (AvgIpc) is 2.97. The van der Waals surface area contributed by atoms with Crippen LogP contribution in [-0.4, -0.2) is 20.9 Å². The van der Waals surface area contributed by atoms with E-state index in [1.165, 1.54) is 23.9 Å². The molecule has 20 heavy (non-hydrogen) atoms. The van der Waals surface area contributed by atoms with E-state index >= 15 is 0 Å². The van der Waals surface area contributed by atoms with Crippen LogP contribution in [0.2, 0.25) is 0 Å². The summed E-state index contributed by atoms with van der Waals surface area (Å²) in [6.45, 7) is 0. The van der Waals surface area contributed by atoms with E-state index in [2.05, 4.69) is 4.98 Å². The van der Waals surface area contributed by atoms with Crippen LogP contribution in [0.15, 0.2) is 46.9 Å². The number of carbonyl (C=O) groups excluding carboxylic acids is 1. The second-order valence-electron chi connectivity index (χ2n) is 4.29. The van der Waals surface area contributed by atoms with E-state index < -0.39 is 0 Å². The maximum Gasteiger partial charge on any atom is 0.193 e. The molecule has 3 aromatic rings. The molecule has 3 rings (SSSR count). The van der Waals surface area contributed by atoms with Crippen LogP contribution in [-0.2, 0) is 11.2 Å². The highest BCUT2D eigenvalue weighted by atomic mass is 32.2. The van der Waals surface area contributed by atoms with E-state index in [0.717, 1.165) is 15.6 Å². The van der Waals surface area contributed by atoms with Gasteiger partial charge in [0.2, 0.25) is 0 Å². The molecular formula is C14H11FN2OS2. The summed E-state index contributed by atoms with van der Waals surface area (Å²) >= 11 is 2.89. The van der Waals surface area contributed by atoms with Gasteiger partial charge in [0.1, 0.15) is 11.6 Å². The fraction of sp³-hybridized carbons (Fsp3) is 0.143. The smallest absolute Gasteiger partial charge is 0.193 e. The van der Waals surface area contributed by atoms with Gasteiger partial charge >= 0.3 is 0 Å². The molecule has 3 nitrogen and oxygen atoms in total. The summed E-state index contributed by atoms with van der Waals surface area (Å²) < 4.78 is 14.9. The van der Waals surface area contributed by atoms with E-state index in [4.69, 9.17) is 0 Å². The minimum absolute atomic E-state index is 0.0880. The van der Waals surface area contributed by atoms with Crippen LogP contribution in [0.25, 0.3) is 4.96 Å². The number of benzene rings is 1. The molecule has 0 unspecified atom stereocenters. The lowest BCUT2D eigenvalue weighted by Crippen LogP contribution is -2.05. The molecule has 1 aromatic carbocycles. The van der Waals surface area contributed by atoms with Crippen molar-refractivity contribution in [2.45, 2.75) is 11.3 Å². The number of thioether (sulfide) groups is 1. The first-order valence-electron chi connectivity index (χ1n) is 6.02. The number of aromatic nitrogens is 2. The number of hydrogen-bond donors (Lipinski definition) is 0. The van der Waals surface area contributed by atoms with Crippen molar-refractivity contribution in [3.63, 3.8) is 0 Å². The number of ketones is 1. The molecule has 0 spiro atoms. The second-order valence-corrected chi connectivity index (χ2v) is 6.21. The highest BCUT2D eigenvalue weighted by Gasteiger charge is 2.09. The molecule has 0 aliphatic carbocycles. The Labute approximate surface area is 123 Å². The van der Waals surface area contributed by atoms with Crippen LogP contribution in [0.5, 0.6) is 0 Å². The second kappa shape index (κ2) is 5.76. The summed E-state index contributed by atoms with van der Waals surface area (Å²) in [6.07, 6.45) is 4.11. The molecule has 0 aliphatic rings. The van der Waals surface area contributed by atoms with Gasteiger partial charge in [0.05, 0.1) is 17.9 Å². The van der Waals surface area contributed by atoms with Crippen molar-refractivity contribution in [2.24, 2.45) is 0 Å². The monoisotopic (exact) mass is 306 g/mol. The van der Waals surface area contributed by atoms with Gasteiger partial charge in [-0.15, -0.1) is 23.1 Å². The maximum absolute atomic E-state index is 13.0. The van der Waals surface area contributed by atoms with Gasteiger partial charge in [-0.05, 0) is 18.2 Å². The molecule has 102 valence electrons. The number of hydrogen-bond acceptors (Lipinski definition) is 4. The SMILES string of the molecule is O=C(CSc1cccc(F)c1)Cc1cn2ccsc2n1. The molecule has 0 saturated carbocycles. The van der Waals surface area contributed by atoms with Gasteiger partial charge in [0, 0.05) is 22.7 Å². The summed E-state index contributed by atoms with van der Waals surface area (Å²) in [4.78, 5) is 17.9. The Bertz CT molecular complexity index is 722. The van der Waals surface area contributed by atoms with E-state index in [1.807, 2.05) is 22.2 Å². The molecule has 0 amide bonds. The Balaban J connectivity index is 1.58. The van der Waals surface area contributed by atoms with Gasteiger partial charge in [0.15, 0.2) is 4.96 Å². The fourth-order valence-corrected chi connectivity index (χ4v) is 3.35. The first-order valence-corrected chi connectivity index (χ1v) is 7.88. The van der Waals surface area contributed by atoms with E-state index in [1.54, 1.807) is 23.5 Å². The Morgan fingerprint density at radius 1 is 1.45 bits per heavy atom. The number of carbonyl (C=O) groups is 1. The molecule has 0 N–H and O–H groups in total. The number of rotatable bonds is 5. The Kier molecular flexibility index (Phi) is 3.84. The van der Waals surface area contributed by atoms with Crippen LogP contribution < -0.4 is 0 Å². The number of nitrogens with zero attached hydrogens (tertiary/aromatic N) is 2. The van der Waals surface area contributed by atoms with E-state index in [0.29, 0.717) is 12.2 Å². The normalized spacial score (nSPS) is 11.1. The first-order chi connectivity index (χ1) is 9.70. The van der Waals surface area contributed by atoms with Crippen molar-refractivity contribution in [1.82, 2.24) is 9.38 Å². The molecular weight excluding hydrogens is 295 g/mol. The lowest BCUT2D eigenvalue weighted by molar-refractivity contribution is -0.116. The molecule has 2 aromatic heterocycles. The summed E-state index contributed by atoms with van der Waals surface area (Å²) in [7, 11) is 0. The zero-order valence-electron chi connectivity index (χ0n) is 10.5. The van der Waals surface area contributed by atoms with Gasteiger partial charge in [-0.3, -0.25) is 9.20 Å². The van der Waals surface area contributed by atoms with Crippen molar-refractivity contribution in [3.8, 4) is 0 Å². The summed E-state index contributed by atoms with van der Waals surface area (Å²) in [5.74, 6) is 0.135. The third-order valence-corrected chi connectivity index (χ3v) is 4.54. The van der Waals surface area contributed by atoms with Crippen molar-refractivity contribution >= 4 is 33.8 Å². The third kappa shape index (κ3) is 3.08. The Hall–Kier alpha value is -1.66. The molecule has 6 heteroatoms. The molecule has 0 saturated heterocycles. The van der Waals surface area contributed by atoms with Crippen LogP contribution in [0.4, 0.5) is 4.39 Å². The zero-order valence-corrected chi connectivity index (χ0v) is 12.1. The lowest BCUT2D eigenvalue weighted by atomic mass is 10.2. The van der Waals surface area contributed by atoms with Crippen molar-refractivity contribution in [2.75, 3.05) is 5.75 Å². The van der Waals surface area contributed by atoms with E-state index in [9.17, 15) is 9.18 Å². The largest absolute Gasteiger partial charge is 0.298 e. The van der Waals surface area contributed by atoms with E-state index in [-0.39, 0.29) is 11.6 Å². The van der Waals surface area contributed by atoms with Gasteiger partial charge in [-0.25, -0.2) is 9.37 Å². The zero-order chi connectivity index (χ0) is 13.9. The Morgan fingerprint density at radius 3 is 3.15 bits per heavy atom. The molecule has 0 fully saturated rings. The van der Waals surface area contributed by atoms with Gasteiger partial charge in [-0.2, -0.15) is 0 Å². The van der Waals surface area contributed by atoms with Crippen LogP contribution in [0.3, 0.4) is 0 Å².